The lowest BCUT2D eigenvalue weighted by molar-refractivity contribution is -0.142. The number of hydrogen-bond donors (Lipinski definition) is 1. The quantitative estimate of drug-likeness (QED) is 0.401. The van der Waals surface area contributed by atoms with Crippen molar-refractivity contribution in [2.45, 2.75) is 53.0 Å². The molecule has 0 aromatic carbocycles. The highest BCUT2D eigenvalue weighted by molar-refractivity contribution is 7.16. The molecule has 0 aliphatic heterocycles. The topological polar surface area (TPSA) is 108 Å². The van der Waals surface area contributed by atoms with Crippen LogP contribution in [-0.4, -0.2) is 23.1 Å². The molecule has 0 unspecified atom stereocenters. The van der Waals surface area contributed by atoms with E-state index in [2.05, 4.69) is 22.9 Å². The van der Waals surface area contributed by atoms with Gasteiger partial charge in [-0.15, -0.1) is 11.3 Å². The van der Waals surface area contributed by atoms with Crippen LogP contribution in [0, 0.1) is 36.5 Å². The van der Waals surface area contributed by atoms with E-state index >= 15 is 0 Å². The Labute approximate surface area is 185 Å². The molecule has 0 fully saturated rings. The van der Waals surface area contributed by atoms with Crippen molar-refractivity contribution in [1.82, 2.24) is 4.57 Å². The zero-order chi connectivity index (χ0) is 22.5. The Morgan fingerprint density at radius 2 is 2.10 bits per heavy atom. The predicted octanol–water partition coefficient (Wildman–Crippen LogP) is 4.03. The normalized spacial score (nSPS) is 12.7. The van der Waals surface area contributed by atoms with Gasteiger partial charge in [0.25, 0.3) is 5.91 Å². The van der Waals surface area contributed by atoms with E-state index in [4.69, 9.17) is 4.74 Å². The number of hydrogen-bond acceptors (Lipinski definition) is 6. The summed E-state index contributed by atoms with van der Waals surface area (Å²) in [6.45, 7) is 6.33. The molecular formula is C23H24N4O3S. The molecule has 0 spiro atoms. The summed E-state index contributed by atoms with van der Waals surface area (Å²) in [6, 6.07) is 5.93. The summed E-state index contributed by atoms with van der Waals surface area (Å²) in [4.78, 5) is 25.7. The second-order valence-electron chi connectivity index (χ2n) is 7.45. The minimum Gasteiger partial charge on any atom is -0.451 e. The van der Waals surface area contributed by atoms with Gasteiger partial charge in [-0.2, -0.15) is 10.5 Å². The highest BCUT2D eigenvalue weighted by Gasteiger charge is 2.23. The summed E-state index contributed by atoms with van der Waals surface area (Å²) in [5, 5.41) is 22.0. The number of carbonyl (C=O) groups excluding carboxylic acids is 2. The van der Waals surface area contributed by atoms with Gasteiger partial charge >= 0.3 is 5.97 Å². The van der Waals surface area contributed by atoms with E-state index in [9.17, 15) is 20.1 Å². The van der Waals surface area contributed by atoms with Gasteiger partial charge in [0.05, 0.1) is 5.56 Å². The van der Waals surface area contributed by atoms with E-state index in [1.165, 1.54) is 17.4 Å². The van der Waals surface area contributed by atoms with Gasteiger partial charge in [-0.3, -0.25) is 4.79 Å². The molecule has 31 heavy (non-hydrogen) atoms. The lowest BCUT2D eigenvalue weighted by Crippen LogP contribution is -2.21. The van der Waals surface area contributed by atoms with Crippen LogP contribution in [0.3, 0.4) is 0 Å². The van der Waals surface area contributed by atoms with Crippen molar-refractivity contribution < 1.29 is 14.3 Å². The summed E-state index contributed by atoms with van der Waals surface area (Å²) in [5.41, 5.74) is 4.12. The number of ether oxygens (including phenoxy) is 1. The zero-order valence-electron chi connectivity index (χ0n) is 17.9. The second-order valence-corrected chi connectivity index (χ2v) is 8.55. The van der Waals surface area contributed by atoms with Crippen molar-refractivity contribution in [2.24, 2.45) is 0 Å². The molecule has 1 amide bonds. The van der Waals surface area contributed by atoms with Crippen LogP contribution in [0.25, 0.3) is 6.08 Å². The van der Waals surface area contributed by atoms with E-state index in [0.717, 1.165) is 59.6 Å². The van der Waals surface area contributed by atoms with Crippen molar-refractivity contribution in [1.29, 1.82) is 10.5 Å². The van der Waals surface area contributed by atoms with Crippen molar-refractivity contribution in [3.63, 3.8) is 0 Å². The van der Waals surface area contributed by atoms with Crippen LogP contribution >= 0.6 is 11.3 Å². The van der Waals surface area contributed by atoms with Crippen LogP contribution < -0.4 is 5.32 Å². The Kier molecular flexibility index (Phi) is 6.94. The number of thiophene rings is 1. The van der Waals surface area contributed by atoms with Crippen molar-refractivity contribution in [3.8, 4) is 12.1 Å². The third kappa shape index (κ3) is 4.70. The van der Waals surface area contributed by atoms with Crippen LogP contribution in [-0.2, 0) is 33.7 Å². The highest BCUT2D eigenvalue weighted by atomic mass is 32.1. The largest absolute Gasteiger partial charge is 0.451 e. The molecule has 7 nitrogen and oxygen atoms in total. The summed E-state index contributed by atoms with van der Waals surface area (Å²) < 4.78 is 7.18. The Bertz CT molecular complexity index is 1140. The van der Waals surface area contributed by atoms with Crippen LogP contribution in [0.15, 0.2) is 11.6 Å². The Hall–Kier alpha value is -3.36. The molecular weight excluding hydrogens is 412 g/mol. The van der Waals surface area contributed by atoms with Gasteiger partial charge in [0.15, 0.2) is 6.61 Å². The molecule has 0 bridgehead atoms. The molecule has 2 aromatic rings. The summed E-state index contributed by atoms with van der Waals surface area (Å²) >= 11 is 1.40. The third-order valence-electron chi connectivity index (χ3n) is 5.32. The summed E-state index contributed by atoms with van der Waals surface area (Å²) in [7, 11) is 0. The molecule has 3 rings (SSSR count). The number of carbonyl (C=O) groups is 2. The fraction of sp³-hybridized carbons (Fsp3) is 0.391. The molecule has 8 heteroatoms. The van der Waals surface area contributed by atoms with E-state index in [1.54, 1.807) is 0 Å². The molecule has 1 aliphatic carbocycles. The maximum atomic E-state index is 12.4. The highest BCUT2D eigenvalue weighted by Crippen LogP contribution is 2.38. The molecule has 2 aromatic heterocycles. The van der Waals surface area contributed by atoms with Gasteiger partial charge < -0.3 is 14.6 Å². The van der Waals surface area contributed by atoms with E-state index < -0.39 is 18.5 Å². The van der Waals surface area contributed by atoms with Gasteiger partial charge in [-0.1, -0.05) is 6.92 Å². The molecule has 1 N–H and O–H groups in total. The standard InChI is InChI=1S/C23H24N4O3S/c1-4-8-27-14(2)9-16(15(27)3)10-17(11-24)23(29)30-13-21(28)26-22-19(12-25)18-6-5-7-20(18)31-22/h9-10H,4-8,13H2,1-3H3,(H,26,28)/b17-10-. The first kappa shape index (κ1) is 22.3. The minimum absolute atomic E-state index is 0.169. The van der Waals surface area contributed by atoms with Crippen LogP contribution in [0.2, 0.25) is 0 Å². The second kappa shape index (κ2) is 9.63. The Morgan fingerprint density at radius 1 is 1.32 bits per heavy atom. The molecule has 1 aliphatic rings. The number of esters is 1. The van der Waals surface area contributed by atoms with E-state index in [1.807, 2.05) is 26.0 Å². The van der Waals surface area contributed by atoms with Crippen molar-refractivity contribution in [3.05, 3.63) is 44.6 Å². The number of rotatable bonds is 7. The average molecular weight is 437 g/mol. The predicted molar refractivity (Wildman–Crippen MR) is 118 cm³/mol. The van der Waals surface area contributed by atoms with Crippen molar-refractivity contribution >= 4 is 34.3 Å². The maximum absolute atomic E-state index is 12.4. The first-order valence-corrected chi connectivity index (χ1v) is 11.0. The number of aryl methyl sites for hydroxylation is 2. The number of amides is 1. The lowest BCUT2D eigenvalue weighted by Gasteiger charge is -2.07. The molecule has 0 atom stereocenters. The minimum atomic E-state index is -0.855. The molecule has 0 saturated heterocycles. The lowest BCUT2D eigenvalue weighted by atomic mass is 10.1. The molecule has 160 valence electrons. The summed E-state index contributed by atoms with van der Waals surface area (Å²) in [5.74, 6) is -1.39. The number of aromatic nitrogens is 1. The Morgan fingerprint density at radius 3 is 2.77 bits per heavy atom. The van der Waals surface area contributed by atoms with Gasteiger partial charge in [-0.25, -0.2) is 4.79 Å². The van der Waals surface area contributed by atoms with E-state index in [0.29, 0.717) is 10.6 Å². The maximum Gasteiger partial charge on any atom is 0.349 e. The number of nitriles is 2. The molecule has 0 radical (unpaired) electrons. The van der Waals surface area contributed by atoms with Gasteiger partial charge in [0, 0.05) is 22.8 Å². The van der Waals surface area contributed by atoms with Gasteiger partial charge in [0.2, 0.25) is 0 Å². The SMILES string of the molecule is CCCn1c(C)cc(/C=C(/C#N)C(=O)OCC(=O)Nc2sc3c(c2C#N)CCC3)c1C. The monoisotopic (exact) mass is 436 g/mol. The number of anilines is 1. The first-order valence-electron chi connectivity index (χ1n) is 10.2. The smallest absolute Gasteiger partial charge is 0.349 e. The number of fused-ring (bicyclic) bond motifs is 1. The molecule has 0 saturated carbocycles. The number of nitrogens with zero attached hydrogens (tertiary/aromatic N) is 3. The third-order valence-corrected chi connectivity index (χ3v) is 6.53. The summed E-state index contributed by atoms with van der Waals surface area (Å²) in [6.07, 6.45) is 5.24. The van der Waals surface area contributed by atoms with E-state index in [-0.39, 0.29) is 5.57 Å². The van der Waals surface area contributed by atoms with Crippen LogP contribution in [0.5, 0.6) is 0 Å². The molecule has 2 heterocycles. The average Bonchev–Trinajstić information content (AvgIpc) is 3.39. The van der Waals surface area contributed by atoms with Gasteiger partial charge in [0.1, 0.15) is 22.7 Å². The first-order chi connectivity index (χ1) is 14.9. The fourth-order valence-corrected chi connectivity index (χ4v) is 5.07. The zero-order valence-corrected chi connectivity index (χ0v) is 18.7. The van der Waals surface area contributed by atoms with Crippen LogP contribution in [0.4, 0.5) is 5.00 Å². The van der Waals surface area contributed by atoms with Gasteiger partial charge in [-0.05, 0) is 62.8 Å². The van der Waals surface area contributed by atoms with Crippen LogP contribution in [0.1, 0.15) is 52.7 Å². The Balaban J connectivity index is 1.65. The number of nitrogens with one attached hydrogen (secondary N) is 1. The fourth-order valence-electron chi connectivity index (χ4n) is 3.82. The van der Waals surface area contributed by atoms with Crippen molar-refractivity contribution in [2.75, 3.05) is 11.9 Å².